The van der Waals surface area contributed by atoms with Crippen LogP contribution in [0.15, 0.2) is 292 Å². The molecule has 0 saturated carbocycles. The highest BCUT2D eigenvalue weighted by Crippen LogP contribution is 2.51. The number of rotatable bonds is 9. The maximum Gasteiger partial charge on any atom is 0.164 e. The molecule has 0 bridgehead atoms. The number of thiophene rings is 1. The minimum Gasteiger partial charge on any atom is -0.309 e. The lowest BCUT2D eigenvalue weighted by Crippen LogP contribution is -2.01. The molecule has 1 aliphatic rings. The van der Waals surface area contributed by atoms with Gasteiger partial charge in [-0.3, -0.25) is 0 Å². The Labute approximate surface area is 498 Å². The molecule has 4 nitrogen and oxygen atoms in total. The summed E-state index contributed by atoms with van der Waals surface area (Å²) in [4.78, 5) is 15.2. The number of hydrogen-bond donors (Lipinski definition) is 0. The SMILES string of the molecule is C=C.C=C(C)c1ccccc1.C=CC(C(=C)/C=C\C)=C(C)C.CC.c1ccc(-c2nc(-c3ccccc3)nc(-c3cccc(-n4c5ccc(-c6ccc7sc8ccccc8c7c6)cc5c5c6cccc7c6c(cc54)-c4ccccc4-7)c3)n2)cc1. The summed E-state index contributed by atoms with van der Waals surface area (Å²) in [5.74, 6) is 1.92. The van der Waals surface area contributed by atoms with Gasteiger partial charge in [0.2, 0.25) is 0 Å². The van der Waals surface area contributed by atoms with E-state index in [9.17, 15) is 0 Å². The molecule has 0 spiro atoms. The fraction of sp³-hybridized carbons (Fsp3) is 0.0759. The summed E-state index contributed by atoms with van der Waals surface area (Å²) in [5, 5.41) is 7.69. The Kier molecular flexibility index (Phi) is 17.6. The van der Waals surface area contributed by atoms with Gasteiger partial charge in [0.15, 0.2) is 17.5 Å². The summed E-state index contributed by atoms with van der Waals surface area (Å²) in [6.45, 7) is 29.6. The van der Waals surface area contributed by atoms with Crippen molar-refractivity contribution in [1.82, 2.24) is 19.5 Å². The van der Waals surface area contributed by atoms with Gasteiger partial charge in [0.25, 0.3) is 0 Å². The first-order chi connectivity index (χ1) is 41.2. The molecule has 0 N–H and O–H groups in total. The van der Waals surface area contributed by atoms with Crippen molar-refractivity contribution in [2.75, 3.05) is 0 Å². The fourth-order valence-corrected chi connectivity index (χ4v) is 12.2. The van der Waals surface area contributed by atoms with Crippen molar-refractivity contribution in [2.45, 2.75) is 41.5 Å². The molecule has 0 aliphatic heterocycles. The molecular formula is C79H68N4S. The normalized spacial score (nSPS) is 10.9. The van der Waals surface area contributed by atoms with E-state index in [2.05, 4.69) is 221 Å². The van der Waals surface area contributed by atoms with Crippen LogP contribution in [0.25, 0.3) is 132 Å². The Morgan fingerprint density at radius 2 is 0.952 bits per heavy atom. The monoisotopic (exact) mass is 1100 g/mol. The zero-order valence-electron chi connectivity index (χ0n) is 48.8. The van der Waals surface area contributed by atoms with Crippen molar-refractivity contribution >= 4 is 69.7 Å². The fourth-order valence-electron chi connectivity index (χ4n) is 11.1. The highest BCUT2D eigenvalue weighted by atomic mass is 32.1. The molecule has 0 unspecified atom stereocenters. The average Bonchev–Trinajstić information content (AvgIpc) is 1.63. The molecule has 10 aromatic carbocycles. The quantitative estimate of drug-likeness (QED) is 0.107. The summed E-state index contributed by atoms with van der Waals surface area (Å²) in [7, 11) is 0. The Balaban J connectivity index is 0.000000277. The molecule has 0 fully saturated rings. The van der Waals surface area contributed by atoms with Gasteiger partial charge in [-0.25, -0.2) is 15.0 Å². The Hall–Kier alpha value is -10.1. The second kappa shape index (κ2) is 25.8. The zero-order valence-corrected chi connectivity index (χ0v) is 49.6. The first-order valence-electron chi connectivity index (χ1n) is 28.5. The molecule has 0 radical (unpaired) electrons. The molecule has 3 aromatic heterocycles. The summed E-state index contributed by atoms with van der Waals surface area (Å²) in [6.07, 6.45) is 5.82. The molecule has 5 heteroatoms. The largest absolute Gasteiger partial charge is 0.309 e. The van der Waals surface area contributed by atoms with Crippen LogP contribution < -0.4 is 0 Å². The van der Waals surface area contributed by atoms with Crippen LogP contribution in [0, 0.1) is 0 Å². The van der Waals surface area contributed by atoms with E-state index in [1.54, 1.807) is 0 Å². The number of fused-ring (bicyclic) bond motifs is 10. The number of hydrogen-bond acceptors (Lipinski definition) is 4. The predicted octanol–water partition coefficient (Wildman–Crippen LogP) is 23.0. The molecular weight excluding hydrogens is 1040 g/mol. The van der Waals surface area contributed by atoms with Crippen LogP contribution in [-0.2, 0) is 0 Å². The van der Waals surface area contributed by atoms with Gasteiger partial charge < -0.3 is 4.57 Å². The predicted molar refractivity (Wildman–Crippen MR) is 367 cm³/mol. The summed E-state index contributed by atoms with van der Waals surface area (Å²) < 4.78 is 5.07. The van der Waals surface area contributed by atoms with E-state index in [4.69, 9.17) is 15.0 Å². The minimum absolute atomic E-state index is 0.631. The van der Waals surface area contributed by atoms with E-state index >= 15 is 0 Å². The van der Waals surface area contributed by atoms with Crippen LogP contribution in [0.2, 0.25) is 0 Å². The van der Waals surface area contributed by atoms with Gasteiger partial charge in [0.05, 0.1) is 11.0 Å². The van der Waals surface area contributed by atoms with Crippen molar-refractivity contribution in [2.24, 2.45) is 0 Å². The Morgan fingerprint density at radius 3 is 1.56 bits per heavy atom. The molecule has 14 rings (SSSR count). The highest BCUT2D eigenvalue weighted by Gasteiger charge is 2.26. The van der Waals surface area contributed by atoms with Crippen LogP contribution in [-0.4, -0.2) is 19.5 Å². The Morgan fingerprint density at radius 1 is 0.440 bits per heavy atom. The lowest BCUT2D eigenvalue weighted by molar-refractivity contribution is 1.07. The number of aromatic nitrogens is 4. The van der Waals surface area contributed by atoms with E-state index in [0.717, 1.165) is 44.6 Å². The van der Waals surface area contributed by atoms with Crippen molar-refractivity contribution in [3.05, 3.63) is 298 Å². The van der Waals surface area contributed by atoms with Crippen LogP contribution in [0.1, 0.15) is 47.1 Å². The van der Waals surface area contributed by atoms with E-state index in [1.165, 1.54) is 91.8 Å². The molecule has 1 aliphatic carbocycles. The average molecular weight is 1110 g/mol. The summed E-state index contributed by atoms with van der Waals surface area (Å²) >= 11 is 1.86. The topological polar surface area (TPSA) is 43.6 Å². The van der Waals surface area contributed by atoms with Crippen LogP contribution >= 0.6 is 11.3 Å². The third-order valence-electron chi connectivity index (χ3n) is 14.9. The van der Waals surface area contributed by atoms with Gasteiger partial charge in [-0.2, -0.15) is 0 Å². The van der Waals surface area contributed by atoms with E-state index in [0.29, 0.717) is 17.5 Å². The third kappa shape index (κ3) is 11.3. The molecule has 0 saturated heterocycles. The second-order valence-electron chi connectivity index (χ2n) is 20.3. The highest BCUT2D eigenvalue weighted by molar-refractivity contribution is 7.25. The lowest BCUT2D eigenvalue weighted by atomic mass is 9.96. The van der Waals surface area contributed by atoms with Crippen LogP contribution in [0.5, 0.6) is 0 Å². The smallest absolute Gasteiger partial charge is 0.164 e. The maximum absolute atomic E-state index is 5.10. The molecule has 84 heavy (non-hydrogen) atoms. The first-order valence-corrected chi connectivity index (χ1v) is 29.3. The summed E-state index contributed by atoms with van der Waals surface area (Å²) in [5.41, 5.74) is 19.5. The van der Waals surface area contributed by atoms with Crippen molar-refractivity contribution in [3.8, 4) is 73.2 Å². The molecule has 13 aromatic rings. The van der Waals surface area contributed by atoms with Gasteiger partial charge in [0, 0.05) is 53.3 Å². The van der Waals surface area contributed by atoms with Crippen LogP contribution in [0.4, 0.5) is 0 Å². The summed E-state index contributed by atoms with van der Waals surface area (Å²) in [6, 6.07) is 79.9. The number of allylic oxidation sites excluding steroid dienone is 7. The van der Waals surface area contributed by atoms with E-state index < -0.39 is 0 Å². The number of benzene rings is 10. The molecule has 0 amide bonds. The van der Waals surface area contributed by atoms with E-state index in [-0.39, 0.29) is 0 Å². The van der Waals surface area contributed by atoms with Gasteiger partial charge in [-0.1, -0.05) is 239 Å². The molecule has 410 valence electrons. The van der Waals surface area contributed by atoms with Crippen molar-refractivity contribution in [3.63, 3.8) is 0 Å². The standard InChI is InChI=1S/C55H32N4S.C11H16.C9H10.C2H6.C2H4/c1-3-13-33(14-4-1)53-56-54(34-15-5-2-6-16-34)58-55(57-53)37-17-11-18-38(29-37)59-47-27-25-35(36-26-28-50-44(30-36)41-21-9-10-24-49(41)60-50)31-46(47)52-43-23-12-22-42-39-19-7-8-20-40(39)45(51(42)43)32-48(52)59;1-6-8-10(5)11(7-2)9(3)4;1-8(2)9-6-4-3-5-7-9;2*1-2/h1-32H;6-8H,2,5H2,1,3-4H3;3-7H,1H2,2H3;1-2H3;1-2H2/b;8-6-;;;. The first kappa shape index (κ1) is 57.2. The number of nitrogens with zero attached hydrogens (tertiary/aromatic N) is 4. The van der Waals surface area contributed by atoms with Gasteiger partial charge in [-0.05, 0) is 137 Å². The lowest BCUT2D eigenvalue weighted by Gasteiger charge is -2.12. The van der Waals surface area contributed by atoms with Gasteiger partial charge in [-0.15, -0.1) is 24.5 Å². The molecule has 0 atom stereocenters. The van der Waals surface area contributed by atoms with Gasteiger partial charge >= 0.3 is 0 Å². The zero-order chi connectivity index (χ0) is 58.9. The second-order valence-corrected chi connectivity index (χ2v) is 21.4. The maximum atomic E-state index is 5.10. The van der Waals surface area contributed by atoms with Crippen molar-refractivity contribution in [1.29, 1.82) is 0 Å². The van der Waals surface area contributed by atoms with Crippen LogP contribution in [0.3, 0.4) is 0 Å². The van der Waals surface area contributed by atoms with E-state index in [1.807, 2.05) is 112 Å². The minimum atomic E-state index is 0.631. The van der Waals surface area contributed by atoms with Crippen molar-refractivity contribution < 1.29 is 0 Å². The Bertz CT molecular complexity index is 4570. The van der Waals surface area contributed by atoms with Gasteiger partial charge in [0.1, 0.15) is 0 Å². The third-order valence-corrected chi connectivity index (χ3v) is 16.0. The molecule has 3 heterocycles.